The van der Waals surface area contributed by atoms with Gasteiger partial charge in [0.1, 0.15) is 4.90 Å². The Morgan fingerprint density at radius 3 is 2.26 bits per heavy atom. The first-order chi connectivity index (χ1) is 12.8. The Morgan fingerprint density at radius 2 is 1.70 bits per heavy atom. The van der Waals surface area contributed by atoms with Gasteiger partial charge in [-0.1, -0.05) is 62.7 Å². The molecule has 2 aromatic rings. The number of nitrogens with one attached hydrogen (secondary N) is 1. The summed E-state index contributed by atoms with van der Waals surface area (Å²) < 4.78 is 26.9. The molecule has 0 aliphatic rings. The van der Waals surface area contributed by atoms with Crippen LogP contribution in [0.25, 0.3) is 0 Å². The van der Waals surface area contributed by atoms with Crippen LogP contribution in [0, 0.1) is 0 Å². The van der Waals surface area contributed by atoms with Crippen molar-refractivity contribution < 1.29 is 13.2 Å². The van der Waals surface area contributed by atoms with E-state index in [1.54, 1.807) is 19.9 Å². The van der Waals surface area contributed by atoms with Crippen molar-refractivity contribution in [2.75, 3.05) is 18.4 Å². The molecule has 1 N–H and O–H groups in total. The van der Waals surface area contributed by atoms with Crippen molar-refractivity contribution in [1.82, 2.24) is 4.31 Å². The standard InChI is InChI=1S/C20H25ClN2O3S/c1-4-17(15-10-8-7-9-11-15)20(24)22-16-12-13-18(21)19(14-16)27(25,26)23(5-2)6-3/h7-14,17H,4-6H2,1-3H3,(H,22,24). The van der Waals surface area contributed by atoms with Crippen molar-refractivity contribution in [2.24, 2.45) is 0 Å². The summed E-state index contributed by atoms with van der Waals surface area (Å²) in [5.74, 6) is -0.498. The van der Waals surface area contributed by atoms with Crippen LogP contribution in [0.5, 0.6) is 0 Å². The molecule has 146 valence electrons. The van der Waals surface area contributed by atoms with Crippen LogP contribution in [0.3, 0.4) is 0 Å². The fourth-order valence-electron chi connectivity index (χ4n) is 2.97. The van der Waals surface area contributed by atoms with Crippen LogP contribution < -0.4 is 5.32 Å². The Bertz CT molecular complexity index is 881. The van der Waals surface area contributed by atoms with Gasteiger partial charge in [0.05, 0.1) is 10.9 Å². The van der Waals surface area contributed by atoms with Crippen molar-refractivity contribution in [2.45, 2.75) is 38.0 Å². The lowest BCUT2D eigenvalue weighted by atomic mass is 9.95. The molecule has 0 bridgehead atoms. The van der Waals surface area contributed by atoms with E-state index in [9.17, 15) is 13.2 Å². The third-order valence-electron chi connectivity index (χ3n) is 4.45. The maximum absolute atomic E-state index is 12.8. The van der Waals surface area contributed by atoms with Gasteiger partial charge >= 0.3 is 0 Å². The third kappa shape index (κ3) is 4.89. The molecule has 7 heteroatoms. The molecule has 0 aliphatic heterocycles. The summed E-state index contributed by atoms with van der Waals surface area (Å²) in [6.07, 6.45) is 0.633. The number of nitrogens with zero attached hydrogens (tertiary/aromatic N) is 1. The molecule has 0 aliphatic carbocycles. The van der Waals surface area contributed by atoms with Crippen molar-refractivity contribution in [3.05, 3.63) is 59.1 Å². The summed E-state index contributed by atoms with van der Waals surface area (Å²) in [6.45, 7) is 6.17. The number of rotatable bonds is 8. The highest BCUT2D eigenvalue weighted by Gasteiger charge is 2.25. The maximum atomic E-state index is 12.8. The van der Waals surface area contributed by atoms with E-state index in [1.807, 2.05) is 37.3 Å². The third-order valence-corrected chi connectivity index (χ3v) is 6.98. The van der Waals surface area contributed by atoms with Crippen molar-refractivity contribution in [3.63, 3.8) is 0 Å². The molecule has 1 unspecified atom stereocenters. The van der Waals surface area contributed by atoms with E-state index >= 15 is 0 Å². The molecule has 0 fully saturated rings. The summed E-state index contributed by atoms with van der Waals surface area (Å²) in [5, 5.41) is 2.96. The Hall–Kier alpha value is -1.89. The number of hydrogen-bond acceptors (Lipinski definition) is 3. The molecule has 2 rings (SSSR count). The topological polar surface area (TPSA) is 66.5 Å². The Kier molecular flexibility index (Phi) is 7.41. The zero-order valence-electron chi connectivity index (χ0n) is 15.8. The average molecular weight is 409 g/mol. The predicted molar refractivity (Wildman–Crippen MR) is 110 cm³/mol. The lowest BCUT2D eigenvalue weighted by Gasteiger charge is -2.20. The second-order valence-corrected chi connectivity index (χ2v) is 8.41. The fourth-order valence-corrected chi connectivity index (χ4v) is 4.93. The van der Waals surface area contributed by atoms with Crippen LogP contribution in [0.4, 0.5) is 5.69 Å². The number of benzene rings is 2. The molecule has 27 heavy (non-hydrogen) atoms. The van der Waals surface area contributed by atoms with Gasteiger partial charge in [-0.25, -0.2) is 8.42 Å². The van der Waals surface area contributed by atoms with Crippen LogP contribution in [-0.4, -0.2) is 31.7 Å². The lowest BCUT2D eigenvalue weighted by Crippen LogP contribution is -2.31. The van der Waals surface area contributed by atoms with Crippen LogP contribution in [-0.2, 0) is 14.8 Å². The van der Waals surface area contributed by atoms with Gasteiger partial charge in [-0.05, 0) is 30.2 Å². The van der Waals surface area contributed by atoms with Gasteiger partial charge < -0.3 is 5.32 Å². The van der Waals surface area contributed by atoms with Crippen LogP contribution in [0.1, 0.15) is 38.7 Å². The van der Waals surface area contributed by atoms with Crippen LogP contribution in [0.2, 0.25) is 5.02 Å². The number of halogens is 1. The summed E-state index contributed by atoms with van der Waals surface area (Å²) in [4.78, 5) is 12.7. The molecule has 5 nitrogen and oxygen atoms in total. The van der Waals surface area contributed by atoms with E-state index < -0.39 is 10.0 Å². The molecule has 0 radical (unpaired) electrons. The van der Waals surface area contributed by atoms with Crippen LogP contribution in [0.15, 0.2) is 53.4 Å². The highest BCUT2D eigenvalue weighted by Crippen LogP contribution is 2.29. The largest absolute Gasteiger partial charge is 0.326 e. The van der Waals surface area contributed by atoms with Gasteiger partial charge in [0.2, 0.25) is 15.9 Å². The van der Waals surface area contributed by atoms with Gasteiger partial charge in [-0.2, -0.15) is 4.31 Å². The number of hydrogen-bond donors (Lipinski definition) is 1. The molecular weight excluding hydrogens is 384 g/mol. The lowest BCUT2D eigenvalue weighted by molar-refractivity contribution is -0.117. The SMILES string of the molecule is CCC(C(=O)Nc1ccc(Cl)c(S(=O)(=O)N(CC)CC)c1)c1ccccc1. The van der Waals surface area contributed by atoms with Crippen molar-refractivity contribution >= 4 is 33.2 Å². The van der Waals surface area contributed by atoms with Gasteiger partial charge in [-0.15, -0.1) is 0 Å². The molecule has 1 atom stereocenters. The zero-order chi connectivity index (χ0) is 20.0. The fraction of sp³-hybridized carbons (Fsp3) is 0.350. The Morgan fingerprint density at radius 1 is 1.07 bits per heavy atom. The second-order valence-electron chi connectivity index (χ2n) is 6.10. The van der Waals surface area contributed by atoms with E-state index in [2.05, 4.69) is 5.32 Å². The minimum atomic E-state index is -3.72. The van der Waals surface area contributed by atoms with E-state index in [0.29, 0.717) is 25.2 Å². The van der Waals surface area contributed by atoms with E-state index in [0.717, 1.165) is 5.56 Å². The van der Waals surface area contributed by atoms with E-state index in [4.69, 9.17) is 11.6 Å². The molecule has 0 saturated heterocycles. The molecule has 0 spiro atoms. The number of sulfonamides is 1. The molecule has 1 amide bonds. The normalized spacial score (nSPS) is 12.8. The Labute approximate surface area is 166 Å². The van der Waals surface area contributed by atoms with Crippen LogP contribution >= 0.6 is 11.6 Å². The minimum absolute atomic E-state index is 0.00146. The van der Waals surface area contributed by atoms with E-state index in [1.165, 1.54) is 16.4 Å². The summed E-state index contributed by atoms with van der Waals surface area (Å²) in [6, 6.07) is 14.0. The van der Waals surface area contributed by atoms with Crippen molar-refractivity contribution in [3.8, 4) is 0 Å². The van der Waals surface area contributed by atoms with Gasteiger partial charge in [0.25, 0.3) is 0 Å². The average Bonchev–Trinajstić information content (AvgIpc) is 2.65. The van der Waals surface area contributed by atoms with Gasteiger partial charge in [-0.3, -0.25) is 4.79 Å². The van der Waals surface area contributed by atoms with Gasteiger partial charge in [0, 0.05) is 18.8 Å². The van der Waals surface area contributed by atoms with E-state index in [-0.39, 0.29) is 21.7 Å². The Balaban J connectivity index is 2.31. The molecular formula is C20H25ClN2O3S. The quantitative estimate of drug-likeness (QED) is 0.699. The summed E-state index contributed by atoms with van der Waals surface area (Å²) >= 11 is 6.14. The molecule has 2 aromatic carbocycles. The number of amides is 1. The first-order valence-corrected chi connectivity index (χ1v) is 10.8. The molecule has 0 saturated carbocycles. The molecule has 0 heterocycles. The summed E-state index contributed by atoms with van der Waals surface area (Å²) in [5.41, 5.74) is 1.33. The van der Waals surface area contributed by atoms with Gasteiger partial charge in [0.15, 0.2) is 0 Å². The molecule has 0 aromatic heterocycles. The first-order valence-electron chi connectivity index (χ1n) is 9.00. The van der Waals surface area contributed by atoms with Crippen molar-refractivity contribution in [1.29, 1.82) is 0 Å². The number of carbonyl (C=O) groups is 1. The summed E-state index contributed by atoms with van der Waals surface area (Å²) in [7, 11) is -3.72. The highest BCUT2D eigenvalue weighted by atomic mass is 35.5. The zero-order valence-corrected chi connectivity index (χ0v) is 17.3. The first kappa shape index (κ1) is 21.4. The number of anilines is 1. The monoisotopic (exact) mass is 408 g/mol. The highest BCUT2D eigenvalue weighted by molar-refractivity contribution is 7.89. The second kappa shape index (κ2) is 9.35. The maximum Gasteiger partial charge on any atom is 0.244 e. The predicted octanol–water partition coefficient (Wildman–Crippen LogP) is 4.50. The minimum Gasteiger partial charge on any atom is -0.326 e. The smallest absolute Gasteiger partial charge is 0.244 e. The number of carbonyl (C=O) groups excluding carboxylic acids is 1.